The molecule has 0 aliphatic heterocycles. The van der Waals surface area contributed by atoms with Gasteiger partial charge < -0.3 is 9.05 Å². The van der Waals surface area contributed by atoms with Crippen molar-refractivity contribution in [2.45, 2.75) is 19.1 Å². The van der Waals surface area contributed by atoms with Crippen LogP contribution in [0.15, 0.2) is 60.7 Å². The molecule has 0 radical (unpaired) electrons. The van der Waals surface area contributed by atoms with Crippen molar-refractivity contribution >= 4 is 20.6 Å². The highest BCUT2D eigenvalue weighted by molar-refractivity contribution is 7.98. The highest BCUT2D eigenvalue weighted by Gasteiger charge is 2.18. The molecule has 0 saturated heterocycles. The van der Waals surface area contributed by atoms with Crippen LogP contribution in [0.25, 0.3) is 0 Å². The number of benzene rings is 2. The maximum atomic E-state index is 5.77. The van der Waals surface area contributed by atoms with Crippen LogP contribution in [0.5, 0.6) is 11.5 Å². The summed E-state index contributed by atoms with van der Waals surface area (Å²) in [6, 6.07) is 19.1. The lowest BCUT2D eigenvalue weighted by Crippen LogP contribution is -1.98. The molecule has 20 heavy (non-hydrogen) atoms. The summed E-state index contributed by atoms with van der Waals surface area (Å²) in [7, 11) is -1.48. The molecule has 0 unspecified atom stereocenters. The topological polar surface area (TPSA) is 27.7 Å². The summed E-state index contributed by atoms with van der Waals surface area (Å²) in [5, 5.41) is 0.346. The molecule has 0 N–H and O–H groups in total. The van der Waals surface area contributed by atoms with E-state index in [-0.39, 0.29) is 0 Å². The highest BCUT2D eigenvalue weighted by atomic mass is 32.2. The van der Waals surface area contributed by atoms with Crippen molar-refractivity contribution in [2.24, 2.45) is 0 Å². The van der Waals surface area contributed by atoms with Crippen molar-refractivity contribution in [1.82, 2.24) is 0 Å². The summed E-state index contributed by atoms with van der Waals surface area (Å²) < 4.78 is 17.2. The largest absolute Gasteiger partial charge is 0.475 e. The normalized spacial score (nSPS) is 10.8. The average molecular weight is 308 g/mol. The molecule has 2 aromatic carbocycles. The van der Waals surface area contributed by atoms with E-state index in [2.05, 4.69) is 13.8 Å². The van der Waals surface area contributed by atoms with E-state index in [1.165, 1.54) is 12.0 Å². The molecule has 2 rings (SSSR count). The van der Waals surface area contributed by atoms with E-state index in [0.29, 0.717) is 5.25 Å². The number of para-hydroxylation sites is 2. The van der Waals surface area contributed by atoms with Gasteiger partial charge in [0.1, 0.15) is 11.5 Å². The summed E-state index contributed by atoms with van der Waals surface area (Å²) in [5.74, 6) is 1.47. The van der Waals surface area contributed by atoms with E-state index in [0.717, 1.165) is 11.5 Å². The second kappa shape index (κ2) is 8.15. The molecule has 0 aliphatic carbocycles. The van der Waals surface area contributed by atoms with Crippen molar-refractivity contribution in [3.8, 4) is 11.5 Å². The van der Waals surface area contributed by atoms with E-state index < -0.39 is 8.60 Å². The Morgan fingerprint density at radius 3 is 1.65 bits per heavy atom. The predicted molar refractivity (Wildman–Crippen MR) is 84.9 cm³/mol. The molecule has 0 aliphatic rings. The lowest BCUT2D eigenvalue weighted by atomic mass is 10.3. The van der Waals surface area contributed by atoms with Crippen LogP contribution in [0.4, 0.5) is 0 Å². The molecule has 2 aromatic rings. The Balaban J connectivity index is 2.00. The Kier molecular flexibility index (Phi) is 6.19. The maximum absolute atomic E-state index is 5.77. The van der Waals surface area contributed by atoms with Crippen molar-refractivity contribution in [3.63, 3.8) is 0 Å². The van der Waals surface area contributed by atoms with Gasteiger partial charge in [-0.1, -0.05) is 50.2 Å². The first kappa shape index (κ1) is 15.2. The molecule has 0 saturated carbocycles. The van der Waals surface area contributed by atoms with Gasteiger partial charge in [0.05, 0.1) is 0 Å². The van der Waals surface area contributed by atoms with Gasteiger partial charge >= 0.3 is 8.60 Å². The van der Waals surface area contributed by atoms with Crippen LogP contribution in [-0.2, 0) is 3.97 Å². The predicted octanol–water partition coefficient (Wildman–Crippen LogP) is 5.44. The Morgan fingerprint density at radius 1 is 0.800 bits per heavy atom. The fourth-order valence-electron chi connectivity index (χ4n) is 1.31. The first-order valence-electron chi connectivity index (χ1n) is 6.33. The maximum Gasteiger partial charge on any atom is 0.475 e. The summed E-state index contributed by atoms with van der Waals surface area (Å²) in [4.78, 5) is 0. The van der Waals surface area contributed by atoms with E-state index in [9.17, 15) is 0 Å². The molecule has 106 valence electrons. The van der Waals surface area contributed by atoms with Crippen molar-refractivity contribution < 1.29 is 13.0 Å². The smallest absolute Gasteiger partial charge is 0.417 e. The first-order valence-corrected chi connectivity index (χ1v) is 8.23. The second-order valence-corrected chi connectivity index (χ2v) is 6.80. The Bertz CT molecular complexity index is 451. The van der Waals surface area contributed by atoms with Crippen LogP contribution in [0.1, 0.15) is 13.8 Å². The van der Waals surface area contributed by atoms with Crippen LogP contribution < -0.4 is 9.05 Å². The third-order valence-corrected chi connectivity index (χ3v) is 4.08. The van der Waals surface area contributed by atoms with E-state index in [4.69, 9.17) is 13.0 Å². The average Bonchev–Trinajstić information content (AvgIpc) is 2.47. The highest BCUT2D eigenvalue weighted by Crippen LogP contribution is 2.45. The fraction of sp³-hybridized carbons (Fsp3) is 0.200. The van der Waals surface area contributed by atoms with Crippen LogP contribution in [0.3, 0.4) is 0 Å². The lowest BCUT2D eigenvalue weighted by Gasteiger charge is -2.17. The van der Waals surface area contributed by atoms with Gasteiger partial charge in [-0.2, -0.15) is 0 Å². The minimum absolute atomic E-state index is 0.346. The molecule has 5 heteroatoms. The molecule has 0 atom stereocenters. The zero-order valence-electron chi connectivity index (χ0n) is 11.4. The summed E-state index contributed by atoms with van der Waals surface area (Å²) in [6.45, 7) is 4.12. The quantitative estimate of drug-likeness (QED) is 0.502. The molecule has 0 heterocycles. The summed E-state index contributed by atoms with van der Waals surface area (Å²) in [5.41, 5.74) is 0. The van der Waals surface area contributed by atoms with Crippen molar-refractivity contribution in [3.05, 3.63) is 60.7 Å². The third kappa shape index (κ3) is 5.41. The molecule has 0 bridgehead atoms. The van der Waals surface area contributed by atoms with Crippen LogP contribution in [0.2, 0.25) is 0 Å². The molecule has 0 amide bonds. The van der Waals surface area contributed by atoms with Gasteiger partial charge in [0, 0.05) is 17.3 Å². The Hall–Kier alpha value is -1.22. The number of rotatable bonds is 7. The van der Waals surface area contributed by atoms with Crippen LogP contribution >= 0.6 is 20.6 Å². The first-order chi connectivity index (χ1) is 9.74. The van der Waals surface area contributed by atoms with Crippen molar-refractivity contribution in [2.75, 3.05) is 0 Å². The fourth-order valence-corrected chi connectivity index (χ4v) is 3.14. The monoisotopic (exact) mass is 308 g/mol. The lowest BCUT2D eigenvalue weighted by molar-refractivity contribution is 0.409. The van der Waals surface area contributed by atoms with Gasteiger partial charge in [0.15, 0.2) is 0 Å². The molecular formula is C15H17O3PS. The van der Waals surface area contributed by atoms with Gasteiger partial charge in [0.25, 0.3) is 0 Å². The van der Waals surface area contributed by atoms with Gasteiger partial charge in [-0.3, -0.25) is 0 Å². The Labute approximate surface area is 125 Å². The number of hydrogen-bond acceptors (Lipinski definition) is 4. The van der Waals surface area contributed by atoms with Gasteiger partial charge in [-0.25, -0.2) is 3.97 Å². The van der Waals surface area contributed by atoms with E-state index in [1.54, 1.807) is 0 Å². The minimum Gasteiger partial charge on any atom is -0.417 e. The van der Waals surface area contributed by atoms with E-state index >= 15 is 0 Å². The SMILES string of the molecule is CC(C)SOP(Oc1ccccc1)Oc1ccccc1. The van der Waals surface area contributed by atoms with Gasteiger partial charge in [-0.05, 0) is 24.3 Å². The molecule has 3 nitrogen and oxygen atoms in total. The zero-order chi connectivity index (χ0) is 14.2. The molecule has 0 aromatic heterocycles. The zero-order valence-corrected chi connectivity index (χ0v) is 13.1. The van der Waals surface area contributed by atoms with Gasteiger partial charge in [-0.15, -0.1) is 0 Å². The number of hydrogen-bond donors (Lipinski definition) is 0. The van der Waals surface area contributed by atoms with Crippen molar-refractivity contribution in [1.29, 1.82) is 0 Å². The second-order valence-electron chi connectivity index (χ2n) is 4.25. The standard InChI is InChI=1S/C15H17O3PS/c1-13(2)20-18-19(16-14-9-5-3-6-10-14)17-15-11-7-4-8-12-15/h3-13H,1-2H3. The Morgan fingerprint density at radius 2 is 1.25 bits per heavy atom. The minimum atomic E-state index is -1.48. The van der Waals surface area contributed by atoms with Crippen LogP contribution in [-0.4, -0.2) is 5.25 Å². The van der Waals surface area contributed by atoms with E-state index in [1.807, 2.05) is 60.7 Å². The summed E-state index contributed by atoms with van der Waals surface area (Å²) in [6.07, 6.45) is 0. The van der Waals surface area contributed by atoms with Gasteiger partial charge in [0.2, 0.25) is 0 Å². The molecule has 0 spiro atoms. The summed E-state index contributed by atoms with van der Waals surface area (Å²) >= 11 is 1.36. The molecule has 0 fully saturated rings. The third-order valence-electron chi connectivity index (χ3n) is 2.14. The molecular weight excluding hydrogens is 291 g/mol. The van der Waals surface area contributed by atoms with Crippen LogP contribution in [0, 0.1) is 0 Å².